The number of benzene rings is 1. The summed E-state index contributed by atoms with van der Waals surface area (Å²) in [6.07, 6.45) is 2.75. The lowest BCUT2D eigenvalue weighted by Gasteiger charge is -2.28. The molecule has 0 bridgehead atoms. The van der Waals surface area contributed by atoms with E-state index in [1.807, 2.05) is 51.1 Å². The fraction of sp³-hybridized carbons (Fsp3) is 0.591. The highest BCUT2D eigenvalue weighted by molar-refractivity contribution is 5.92. The van der Waals surface area contributed by atoms with Crippen LogP contribution in [-0.2, 0) is 20.8 Å². The van der Waals surface area contributed by atoms with Crippen molar-refractivity contribution in [3.8, 4) is 0 Å². The zero-order chi connectivity index (χ0) is 20.0. The largest absolute Gasteiger partial charge is 0.345 e. The van der Waals surface area contributed by atoms with Crippen molar-refractivity contribution in [3.63, 3.8) is 0 Å². The summed E-state index contributed by atoms with van der Waals surface area (Å²) in [6.45, 7) is 8.08. The molecule has 0 spiro atoms. The maximum atomic E-state index is 12.9. The third kappa shape index (κ3) is 5.91. The lowest BCUT2D eigenvalue weighted by atomic mass is 9.99. The molecule has 1 saturated heterocycles. The fourth-order valence-corrected chi connectivity index (χ4v) is 3.71. The number of carbonyl (C=O) groups is 3. The second-order valence-electron chi connectivity index (χ2n) is 8.08. The Morgan fingerprint density at radius 2 is 1.81 bits per heavy atom. The summed E-state index contributed by atoms with van der Waals surface area (Å²) in [5.41, 5.74) is 1.12. The van der Waals surface area contributed by atoms with Gasteiger partial charge in [-0.25, -0.2) is 0 Å². The first kappa shape index (κ1) is 21.1. The molecular formula is C22H32N2O3. The number of ketones is 1. The molecule has 1 aliphatic heterocycles. The molecule has 2 amide bonds. The van der Waals surface area contributed by atoms with Gasteiger partial charge in [-0.15, -0.1) is 0 Å². The highest BCUT2D eigenvalue weighted by Crippen LogP contribution is 2.22. The number of nitrogens with zero attached hydrogens (tertiary/aromatic N) is 1. The average molecular weight is 373 g/mol. The minimum absolute atomic E-state index is 0.0136. The van der Waals surface area contributed by atoms with Crippen LogP contribution in [0, 0.1) is 11.8 Å². The standard InChI is InChI=1S/C22H32N2O3/c1-15(2)13-19(17(4)25)23-21(26)20-11-8-12-24(20)22(27)16(3)14-18-9-6-5-7-10-18/h5-7,9-10,15-16,19-20H,8,11-14H2,1-4H3,(H,23,26). The third-order valence-electron chi connectivity index (χ3n) is 5.16. The topological polar surface area (TPSA) is 66.5 Å². The fourth-order valence-electron chi connectivity index (χ4n) is 3.71. The normalized spacial score (nSPS) is 19.0. The van der Waals surface area contributed by atoms with E-state index in [0.717, 1.165) is 12.0 Å². The van der Waals surface area contributed by atoms with Crippen molar-refractivity contribution in [2.75, 3.05) is 6.54 Å². The second kappa shape index (κ2) is 9.67. The molecule has 0 aliphatic carbocycles. The Hall–Kier alpha value is -2.17. The maximum absolute atomic E-state index is 12.9. The first-order valence-corrected chi connectivity index (χ1v) is 9.94. The van der Waals surface area contributed by atoms with Crippen molar-refractivity contribution in [1.29, 1.82) is 0 Å². The first-order valence-electron chi connectivity index (χ1n) is 9.94. The molecule has 1 N–H and O–H groups in total. The van der Waals surface area contributed by atoms with Gasteiger partial charge in [0.1, 0.15) is 6.04 Å². The predicted octanol–water partition coefficient (Wildman–Crippen LogP) is 2.98. The minimum Gasteiger partial charge on any atom is -0.345 e. The highest BCUT2D eigenvalue weighted by Gasteiger charge is 2.37. The zero-order valence-electron chi connectivity index (χ0n) is 16.9. The number of rotatable bonds is 8. The number of likely N-dealkylation sites (tertiary alicyclic amines) is 1. The summed E-state index contributed by atoms with van der Waals surface area (Å²) >= 11 is 0. The zero-order valence-corrected chi connectivity index (χ0v) is 16.9. The molecule has 1 aliphatic rings. The first-order chi connectivity index (χ1) is 12.8. The van der Waals surface area contributed by atoms with Crippen molar-refractivity contribution in [2.24, 2.45) is 11.8 Å². The molecule has 3 atom stereocenters. The van der Waals surface area contributed by atoms with E-state index in [9.17, 15) is 14.4 Å². The van der Waals surface area contributed by atoms with Crippen LogP contribution in [0.1, 0.15) is 52.5 Å². The summed E-state index contributed by atoms with van der Waals surface area (Å²) in [5.74, 6) is -0.0924. The molecule has 5 heteroatoms. The molecule has 1 heterocycles. The Morgan fingerprint density at radius 3 is 2.41 bits per heavy atom. The van der Waals surface area contributed by atoms with Gasteiger partial charge in [0.15, 0.2) is 5.78 Å². The van der Waals surface area contributed by atoms with Crippen molar-refractivity contribution in [2.45, 2.75) is 65.5 Å². The van der Waals surface area contributed by atoms with Gasteiger partial charge in [-0.1, -0.05) is 51.1 Å². The molecule has 3 unspecified atom stereocenters. The number of amides is 2. The van der Waals surface area contributed by atoms with Gasteiger partial charge in [0, 0.05) is 12.5 Å². The summed E-state index contributed by atoms with van der Waals surface area (Å²) in [5, 5.41) is 2.88. The van der Waals surface area contributed by atoms with Gasteiger partial charge in [-0.3, -0.25) is 14.4 Å². The van der Waals surface area contributed by atoms with Crippen LogP contribution < -0.4 is 5.32 Å². The molecule has 0 saturated carbocycles. The Kier molecular flexibility index (Phi) is 7.57. The smallest absolute Gasteiger partial charge is 0.243 e. The van der Waals surface area contributed by atoms with Crippen LogP contribution in [0.15, 0.2) is 30.3 Å². The molecule has 27 heavy (non-hydrogen) atoms. The van der Waals surface area contributed by atoms with E-state index in [0.29, 0.717) is 31.7 Å². The lowest BCUT2D eigenvalue weighted by Crippen LogP contribution is -2.51. The van der Waals surface area contributed by atoms with Gasteiger partial charge < -0.3 is 10.2 Å². The van der Waals surface area contributed by atoms with E-state index in [2.05, 4.69) is 5.32 Å². The Balaban J connectivity index is 2.01. The molecule has 1 fully saturated rings. The summed E-state index contributed by atoms with van der Waals surface area (Å²) in [6, 6.07) is 8.98. The molecule has 5 nitrogen and oxygen atoms in total. The van der Waals surface area contributed by atoms with Crippen LogP contribution in [-0.4, -0.2) is 41.1 Å². The van der Waals surface area contributed by atoms with Gasteiger partial charge >= 0.3 is 0 Å². The third-order valence-corrected chi connectivity index (χ3v) is 5.16. The van der Waals surface area contributed by atoms with Crippen LogP contribution in [0.25, 0.3) is 0 Å². The molecule has 0 radical (unpaired) electrons. The highest BCUT2D eigenvalue weighted by atomic mass is 16.2. The molecule has 2 rings (SSSR count). The van der Waals surface area contributed by atoms with Crippen molar-refractivity contribution in [1.82, 2.24) is 10.2 Å². The Bertz CT molecular complexity index is 657. The van der Waals surface area contributed by atoms with E-state index < -0.39 is 12.1 Å². The molecule has 1 aromatic rings. The van der Waals surface area contributed by atoms with E-state index in [-0.39, 0.29) is 23.5 Å². The number of hydrogen-bond donors (Lipinski definition) is 1. The van der Waals surface area contributed by atoms with Crippen LogP contribution in [0.3, 0.4) is 0 Å². The molecule has 148 valence electrons. The number of carbonyl (C=O) groups excluding carboxylic acids is 3. The summed E-state index contributed by atoms with van der Waals surface area (Å²) in [7, 11) is 0. The second-order valence-corrected chi connectivity index (χ2v) is 8.08. The van der Waals surface area contributed by atoms with Gasteiger partial charge in [0.05, 0.1) is 6.04 Å². The average Bonchev–Trinajstić information content (AvgIpc) is 3.10. The summed E-state index contributed by atoms with van der Waals surface area (Å²) < 4.78 is 0. The van der Waals surface area contributed by atoms with Gasteiger partial charge in [-0.2, -0.15) is 0 Å². The van der Waals surface area contributed by atoms with E-state index in [1.54, 1.807) is 4.90 Å². The number of Topliss-reactive ketones (excluding diaryl/α,β-unsaturated/α-hetero) is 1. The van der Waals surface area contributed by atoms with Crippen molar-refractivity contribution < 1.29 is 14.4 Å². The van der Waals surface area contributed by atoms with Crippen LogP contribution in [0.2, 0.25) is 0 Å². The van der Waals surface area contributed by atoms with Crippen molar-refractivity contribution >= 4 is 17.6 Å². The molecular weight excluding hydrogens is 340 g/mol. The quantitative estimate of drug-likeness (QED) is 0.763. The van der Waals surface area contributed by atoms with Gasteiger partial charge in [0.2, 0.25) is 11.8 Å². The molecule has 0 aromatic heterocycles. The number of hydrogen-bond acceptors (Lipinski definition) is 3. The predicted molar refractivity (Wildman–Crippen MR) is 106 cm³/mol. The van der Waals surface area contributed by atoms with E-state index in [4.69, 9.17) is 0 Å². The van der Waals surface area contributed by atoms with Gasteiger partial charge in [0.25, 0.3) is 0 Å². The van der Waals surface area contributed by atoms with Crippen molar-refractivity contribution in [3.05, 3.63) is 35.9 Å². The van der Waals surface area contributed by atoms with E-state index >= 15 is 0 Å². The van der Waals surface area contributed by atoms with Crippen LogP contribution in [0.5, 0.6) is 0 Å². The number of nitrogens with one attached hydrogen (secondary N) is 1. The minimum atomic E-state index is -0.475. The van der Waals surface area contributed by atoms with Gasteiger partial charge in [-0.05, 0) is 44.1 Å². The Labute approximate surface area is 162 Å². The lowest BCUT2D eigenvalue weighted by molar-refractivity contribution is -0.141. The Morgan fingerprint density at radius 1 is 1.15 bits per heavy atom. The molecule has 1 aromatic carbocycles. The SMILES string of the molecule is CC(=O)C(CC(C)C)NC(=O)C1CCCN1C(=O)C(C)Cc1ccccc1. The van der Waals surface area contributed by atoms with Crippen LogP contribution in [0.4, 0.5) is 0 Å². The summed E-state index contributed by atoms with van der Waals surface area (Å²) in [4.78, 5) is 39.3. The monoisotopic (exact) mass is 372 g/mol. The van der Waals surface area contributed by atoms with Crippen LogP contribution >= 0.6 is 0 Å². The maximum Gasteiger partial charge on any atom is 0.243 e. The van der Waals surface area contributed by atoms with E-state index in [1.165, 1.54) is 6.92 Å².